The van der Waals surface area contributed by atoms with Gasteiger partial charge in [-0.2, -0.15) is 0 Å². The van der Waals surface area contributed by atoms with Crippen molar-refractivity contribution < 1.29 is 14.7 Å². The number of nitrogens with zero attached hydrogens (tertiary/aromatic N) is 1. The van der Waals surface area contributed by atoms with Crippen LogP contribution in [0.1, 0.15) is 11.1 Å². The zero-order valence-electron chi connectivity index (χ0n) is 13.2. The zero-order chi connectivity index (χ0) is 17.8. The molecule has 0 aliphatic carbocycles. The summed E-state index contributed by atoms with van der Waals surface area (Å²) >= 11 is 6.42. The molecular weight excluding hydrogens is 354 g/mol. The first-order valence-electron chi connectivity index (χ1n) is 7.65. The maximum absolute atomic E-state index is 12.7. The van der Waals surface area contributed by atoms with E-state index in [9.17, 15) is 14.7 Å². The Balaban J connectivity index is 1.87. The molecule has 6 heteroatoms. The Morgan fingerprint density at radius 3 is 2.32 bits per heavy atom. The molecule has 1 aliphatic rings. The topological polar surface area (TPSA) is 57.6 Å². The van der Waals surface area contributed by atoms with E-state index in [0.29, 0.717) is 4.91 Å². The molecule has 1 heterocycles. The highest BCUT2D eigenvalue weighted by Gasteiger charge is 2.40. The minimum Gasteiger partial charge on any atom is -0.480 e. The van der Waals surface area contributed by atoms with Gasteiger partial charge in [0.2, 0.25) is 0 Å². The van der Waals surface area contributed by atoms with E-state index in [1.807, 2.05) is 60.7 Å². The van der Waals surface area contributed by atoms with Crippen LogP contribution < -0.4 is 0 Å². The number of benzene rings is 2. The minimum absolute atomic E-state index is 0.210. The van der Waals surface area contributed by atoms with Crippen molar-refractivity contribution in [3.05, 3.63) is 76.7 Å². The molecule has 2 aromatic carbocycles. The number of rotatable bonds is 5. The average Bonchev–Trinajstić information content (AvgIpc) is 2.88. The van der Waals surface area contributed by atoms with Crippen LogP contribution in [0, 0.1) is 0 Å². The number of carbonyl (C=O) groups excluding carboxylic acids is 1. The van der Waals surface area contributed by atoms with E-state index >= 15 is 0 Å². The largest absolute Gasteiger partial charge is 0.480 e. The second-order valence-corrected chi connectivity index (χ2v) is 7.18. The van der Waals surface area contributed by atoms with E-state index in [1.54, 1.807) is 6.08 Å². The van der Waals surface area contributed by atoms with Gasteiger partial charge in [0, 0.05) is 6.42 Å². The third kappa shape index (κ3) is 3.97. The predicted molar refractivity (Wildman–Crippen MR) is 103 cm³/mol. The highest BCUT2D eigenvalue weighted by molar-refractivity contribution is 8.26. The van der Waals surface area contributed by atoms with E-state index < -0.39 is 12.0 Å². The van der Waals surface area contributed by atoms with E-state index in [2.05, 4.69) is 0 Å². The summed E-state index contributed by atoms with van der Waals surface area (Å²) in [5.74, 6) is -1.43. The number of carboxylic acid groups (broad SMARTS) is 1. The van der Waals surface area contributed by atoms with Crippen LogP contribution >= 0.6 is 24.0 Å². The third-order valence-corrected chi connectivity index (χ3v) is 5.12. The third-order valence-electron chi connectivity index (χ3n) is 3.79. The number of hydrogen-bond acceptors (Lipinski definition) is 4. The van der Waals surface area contributed by atoms with Crippen LogP contribution in [0.3, 0.4) is 0 Å². The summed E-state index contributed by atoms with van der Waals surface area (Å²) in [6.45, 7) is 0. The Hall–Kier alpha value is -2.44. The van der Waals surface area contributed by atoms with Crippen molar-refractivity contribution >= 4 is 46.3 Å². The smallest absolute Gasteiger partial charge is 0.327 e. The number of thiocarbonyl (C=S) groups is 1. The van der Waals surface area contributed by atoms with Crippen LogP contribution in [0.2, 0.25) is 0 Å². The standard InChI is InChI=1S/C19H15NO3S2/c21-17-16(12-14-9-5-2-6-10-14)25-19(24)20(17)15(18(22)23)11-13-7-3-1-4-8-13/h1-10,12,15H,11H2,(H,22,23)/b16-12+/t15-/m0/s1. The average molecular weight is 369 g/mol. The van der Waals surface area contributed by atoms with Crippen LogP contribution in [0.4, 0.5) is 0 Å². The molecule has 0 saturated carbocycles. The van der Waals surface area contributed by atoms with Crippen molar-refractivity contribution in [2.24, 2.45) is 0 Å². The summed E-state index contributed by atoms with van der Waals surface area (Å²) in [6, 6.07) is 17.6. The molecule has 0 bridgehead atoms. The number of thioether (sulfide) groups is 1. The Kier molecular flexibility index (Phi) is 5.31. The molecule has 1 amide bonds. The summed E-state index contributed by atoms with van der Waals surface area (Å²) in [4.78, 5) is 26.2. The predicted octanol–water partition coefficient (Wildman–Crippen LogP) is 3.58. The van der Waals surface area contributed by atoms with Crippen molar-refractivity contribution in [1.29, 1.82) is 0 Å². The molecule has 25 heavy (non-hydrogen) atoms. The highest BCUT2D eigenvalue weighted by atomic mass is 32.2. The molecule has 126 valence electrons. The molecule has 1 fully saturated rings. The second kappa shape index (κ2) is 7.63. The molecule has 0 spiro atoms. The van der Waals surface area contributed by atoms with Crippen LogP contribution in [0.25, 0.3) is 6.08 Å². The van der Waals surface area contributed by atoms with Crippen LogP contribution in [0.5, 0.6) is 0 Å². The summed E-state index contributed by atoms with van der Waals surface area (Å²) in [6.07, 6.45) is 1.95. The first kappa shape index (κ1) is 17.4. The summed E-state index contributed by atoms with van der Waals surface area (Å²) in [5, 5.41) is 9.62. The molecule has 0 radical (unpaired) electrons. The lowest BCUT2D eigenvalue weighted by molar-refractivity contribution is -0.145. The monoisotopic (exact) mass is 369 g/mol. The lowest BCUT2D eigenvalue weighted by Crippen LogP contribution is -2.45. The number of hydrogen-bond donors (Lipinski definition) is 1. The van der Waals surface area contributed by atoms with Gasteiger partial charge >= 0.3 is 5.97 Å². The molecule has 1 aliphatic heterocycles. The van der Waals surface area contributed by atoms with Gasteiger partial charge in [0.15, 0.2) is 0 Å². The molecule has 2 aromatic rings. The molecular formula is C19H15NO3S2. The maximum atomic E-state index is 12.7. The fourth-order valence-corrected chi connectivity index (χ4v) is 3.93. The molecule has 3 rings (SSSR count). The van der Waals surface area contributed by atoms with Crippen LogP contribution in [0.15, 0.2) is 65.6 Å². The Morgan fingerprint density at radius 2 is 1.72 bits per heavy atom. The minimum atomic E-state index is -1.07. The van der Waals surface area contributed by atoms with E-state index in [4.69, 9.17) is 12.2 Å². The molecule has 1 atom stereocenters. The molecule has 1 saturated heterocycles. The molecule has 0 unspecified atom stereocenters. The van der Waals surface area contributed by atoms with Crippen molar-refractivity contribution in [3.63, 3.8) is 0 Å². The number of amides is 1. The highest BCUT2D eigenvalue weighted by Crippen LogP contribution is 2.34. The Labute approximate surface area is 155 Å². The summed E-state index contributed by atoms with van der Waals surface area (Å²) < 4.78 is 0.274. The summed E-state index contributed by atoms with van der Waals surface area (Å²) in [5.41, 5.74) is 1.72. The van der Waals surface area contributed by atoms with Gasteiger partial charge in [-0.1, -0.05) is 84.6 Å². The SMILES string of the molecule is O=C(O)[C@H](Cc1ccccc1)N1C(=O)/C(=C\c2ccccc2)SC1=S. The van der Waals surface area contributed by atoms with Gasteiger partial charge in [-0.3, -0.25) is 9.69 Å². The fourth-order valence-electron chi connectivity index (χ4n) is 2.58. The first-order chi connectivity index (χ1) is 12.1. The molecule has 1 N–H and O–H groups in total. The van der Waals surface area contributed by atoms with E-state index in [1.165, 1.54) is 4.90 Å². The number of carbonyl (C=O) groups is 2. The van der Waals surface area contributed by atoms with Gasteiger partial charge in [-0.05, 0) is 17.2 Å². The molecule has 0 aromatic heterocycles. The van der Waals surface area contributed by atoms with Crippen molar-refractivity contribution in [2.75, 3.05) is 0 Å². The van der Waals surface area contributed by atoms with Crippen molar-refractivity contribution in [3.8, 4) is 0 Å². The van der Waals surface area contributed by atoms with Gasteiger partial charge < -0.3 is 5.11 Å². The Morgan fingerprint density at radius 1 is 1.12 bits per heavy atom. The van der Waals surface area contributed by atoms with Gasteiger partial charge in [0.05, 0.1) is 4.91 Å². The van der Waals surface area contributed by atoms with E-state index in [0.717, 1.165) is 22.9 Å². The summed E-state index contributed by atoms with van der Waals surface area (Å²) in [7, 11) is 0. The van der Waals surface area contributed by atoms with Crippen LogP contribution in [-0.4, -0.2) is 32.2 Å². The second-order valence-electron chi connectivity index (χ2n) is 5.51. The molecule has 4 nitrogen and oxygen atoms in total. The van der Waals surface area contributed by atoms with Gasteiger partial charge in [-0.15, -0.1) is 0 Å². The van der Waals surface area contributed by atoms with E-state index in [-0.39, 0.29) is 16.6 Å². The number of aliphatic carboxylic acids is 1. The lowest BCUT2D eigenvalue weighted by atomic mass is 10.0. The zero-order valence-corrected chi connectivity index (χ0v) is 14.8. The van der Waals surface area contributed by atoms with Gasteiger partial charge in [0.25, 0.3) is 5.91 Å². The lowest BCUT2D eigenvalue weighted by Gasteiger charge is -2.23. The maximum Gasteiger partial charge on any atom is 0.327 e. The Bertz CT molecular complexity index is 834. The van der Waals surface area contributed by atoms with Gasteiger partial charge in [-0.25, -0.2) is 4.79 Å². The number of carboxylic acids is 1. The van der Waals surface area contributed by atoms with Gasteiger partial charge in [0.1, 0.15) is 10.4 Å². The van der Waals surface area contributed by atoms with Crippen molar-refractivity contribution in [1.82, 2.24) is 4.90 Å². The first-order valence-corrected chi connectivity index (χ1v) is 8.87. The quantitative estimate of drug-likeness (QED) is 0.645. The fraction of sp³-hybridized carbons (Fsp3) is 0.105. The van der Waals surface area contributed by atoms with Crippen molar-refractivity contribution in [2.45, 2.75) is 12.5 Å². The normalized spacial score (nSPS) is 17.1. The van der Waals surface area contributed by atoms with Crippen LogP contribution in [-0.2, 0) is 16.0 Å².